The SMILES string of the molecule is CCn1c(C)cc(C(=O)OCc2csc(-c3cccc(OC)c3OC)n2)c1C. The van der Waals surface area contributed by atoms with Crippen molar-refractivity contribution in [3.8, 4) is 22.1 Å². The Balaban J connectivity index is 1.75. The molecule has 0 aliphatic carbocycles. The standard InChI is InChI=1S/C21H24N2O4S/c1-6-23-13(2)10-17(14(23)3)21(24)27-11-15-12-28-20(22-15)16-8-7-9-18(25-4)19(16)26-5/h7-10,12H,6,11H2,1-5H3. The fourth-order valence-corrected chi connectivity index (χ4v) is 4.09. The molecule has 0 aliphatic heterocycles. The summed E-state index contributed by atoms with van der Waals surface area (Å²) in [7, 11) is 3.20. The normalized spacial score (nSPS) is 10.8. The van der Waals surface area contributed by atoms with Crippen LogP contribution < -0.4 is 9.47 Å². The number of carbonyl (C=O) groups is 1. The molecule has 2 heterocycles. The third kappa shape index (κ3) is 3.75. The summed E-state index contributed by atoms with van der Waals surface area (Å²) in [5.74, 6) is 0.950. The lowest BCUT2D eigenvalue weighted by atomic mass is 10.2. The molecule has 1 aromatic carbocycles. The van der Waals surface area contributed by atoms with E-state index in [1.807, 2.05) is 43.5 Å². The van der Waals surface area contributed by atoms with Crippen molar-refractivity contribution >= 4 is 17.3 Å². The Morgan fingerprint density at radius 1 is 1.21 bits per heavy atom. The minimum atomic E-state index is -0.332. The number of nitrogens with zero attached hydrogens (tertiary/aromatic N) is 2. The second-order valence-electron chi connectivity index (χ2n) is 6.29. The summed E-state index contributed by atoms with van der Waals surface area (Å²) in [5.41, 5.74) is 4.11. The molecular formula is C21H24N2O4S. The highest BCUT2D eigenvalue weighted by Crippen LogP contribution is 2.39. The van der Waals surface area contributed by atoms with Crippen molar-refractivity contribution in [2.24, 2.45) is 0 Å². The summed E-state index contributed by atoms with van der Waals surface area (Å²) in [4.78, 5) is 17.1. The minimum absolute atomic E-state index is 0.122. The Bertz CT molecular complexity index is 990. The van der Waals surface area contributed by atoms with Crippen LogP contribution in [0.5, 0.6) is 11.5 Å². The van der Waals surface area contributed by atoms with E-state index in [9.17, 15) is 4.79 Å². The molecule has 0 atom stereocenters. The summed E-state index contributed by atoms with van der Waals surface area (Å²) < 4.78 is 18.4. The molecule has 6 nitrogen and oxygen atoms in total. The second-order valence-corrected chi connectivity index (χ2v) is 7.15. The third-order valence-corrected chi connectivity index (χ3v) is 5.57. The smallest absolute Gasteiger partial charge is 0.340 e. The fourth-order valence-electron chi connectivity index (χ4n) is 3.26. The first-order valence-electron chi connectivity index (χ1n) is 8.99. The molecule has 0 bridgehead atoms. The molecule has 28 heavy (non-hydrogen) atoms. The minimum Gasteiger partial charge on any atom is -0.493 e. The molecule has 0 saturated heterocycles. The van der Waals surface area contributed by atoms with Crippen LogP contribution in [0.15, 0.2) is 29.6 Å². The number of hydrogen-bond acceptors (Lipinski definition) is 6. The van der Waals surface area contributed by atoms with Gasteiger partial charge >= 0.3 is 5.97 Å². The van der Waals surface area contributed by atoms with Crippen LogP contribution in [-0.2, 0) is 17.9 Å². The van der Waals surface area contributed by atoms with Crippen LogP contribution >= 0.6 is 11.3 Å². The predicted molar refractivity (Wildman–Crippen MR) is 109 cm³/mol. The first kappa shape index (κ1) is 19.9. The number of ether oxygens (including phenoxy) is 3. The number of aryl methyl sites for hydroxylation is 1. The van der Waals surface area contributed by atoms with E-state index in [1.54, 1.807) is 14.2 Å². The van der Waals surface area contributed by atoms with Gasteiger partial charge in [0, 0.05) is 23.3 Å². The maximum Gasteiger partial charge on any atom is 0.340 e. The van der Waals surface area contributed by atoms with Crippen molar-refractivity contribution < 1.29 is 19.0 Å². The van der Waals surface area contributed by atoms with Gasteiger partial charge in [0.25, 0.3) is 0 Å². The maximum absolute atomic E-state index is 12.5. The van der Waals surface area contributed by atoms with Gasteiger partial charge in [-0.2, -0.15) is 0 Å². The van der Waals surface area contributed by atoms with E-state index < -0.39 is 0 Å². The van der Waals surface area contributed by atoms with Gasteiger partial charge in [0.15, 0.2) is 11.5 Å². The first-order valence-corrected chi connectivity index (χ1v) is 9.87. The van der Waals surface area contributed by atoms with Gasteiger partial charge in [-0.25, -0.2) is 9.78 Å². The number of para-hydroxylation sites is 1. The lowest BCUT2D eigenvalue weighted by Crippen LogP contribution is -2.07. The summed E-state index contributed by atoms with van der Waals surface area (Å²) >= 11 is 1.47. The van der Waals surface area contributed by atoms with Gasteiger partial charge < -0.3 is 18.8 Å². The molecule has 0 spiro atoms. The first-order chi connectivity index (χ1) is 13.5. The number of aromatic nitrogens is 2. The van der Waals surface area contributed by atoms with Gasteiger partial charge in [-0.3, -0.25) is 0 Å². The van der Waals surface area contributed by atoms with Crippen LogP contribution in [0.1, 0.15) is 34.4 Å². The molecule has 0 radical (unpaired) electrons. The molecule has 0 N–H and O–H groups in total. The Kier molecular flexibility index (Phi) is 6.04. The average Bonchev–Trinajstić information content (AvgIpc) is 3.29. The number of methoxy groups -OCH3 is 2. The number of rotatable bonds is 7. The maximum atomic E-state index is 12.5. The zero-order valence-electron chi connectivity index (χ0n) is 16.7. The zero-order valence-corrected chi connectivity index (χ0v) is 17.6. The highest BCUT2D eigenvalue weighted by atomic mass is 32.1. The van der Waals surface area contributed by atoms with E-state index in [1.165, 1.54) is 11.3 Å². The molecule has 0 unspecified atom stereocenters. The largest absolute Gasteiger partial charge is 0.493 e. The second kappa shape index (κ2) is 8.48. The van der Waals surface area contributed by atoms with E-state index in [4.69, 9.17) is 14.2 Å². The van der Waals surface area contributed by atoms with Crippen molar-refractivity contribution in [1.29, 1.82) is 0 Å². The van der Waals surface area contributed by atoms with Crippen LogP contribution in [0.4, 0.5) is 0 Å². The van der Waals surface area contributed by atoms with Crippen LogP contribution in [-0.4, -0.2) is 29.7 Å². The molecule has 2 aromatic heterocycles. The third-order valence-electron chi connectivity index (χ3n) is 4.65. The molecule has 7 heteroatoms. The van der Waals surface area contributed by atoms with Crippen LogP contribution in [0.3, 0.4) is 0 Å². The molecule has 3 rings (SSSR count). The van der Waals surface area contributed by atoms with Crippen molar-refractivity contribution in [2.75, 3.05) is 14.2 Å². The number of hydrogen-bond donors (Lipinski definition) is 0. The Hall–Kier alpha value is -2.80. The Morgan fingerprint density at radius 3 is 2.64 bits per heavy atom. The average molecular weight is 401 g/mol. The molecular weight excluding hydrogens is 376 g/mol. The zero-order chi connectivity index (χ0) is 20.3. The highest BCUT2D eigenvalue weighted by molar-refractivity contribution is 7.13. The van der Waals surface area contributed by atoms with E-state index in [-0.39, 0.29) is 12.6 Å². The Morgan fingerprint density at radius 2 is 2.00 bits per heavy atom. The number of benzene rings is 1. The van der Waals surface area contributed by atoms with Crippen molar-refractivity contribution in [3.05, 3.63) is 52.3 Å². The summed E-state index contributed by atoms with van der Waals surface area (Å²) in [6.45, 7) is 6.92. The van der Waals surface area contributed by atoms with Gasteiger partial charge in [-0.1, -0.05) is 6.07 Å². The van der Waals surface area contributed by atoms with Crippen LogP contribution in [0.25, 0.3) is 10.6 Å². The van der Waals surface area contributed by atoms with Crippen molar-refractivity contribution in [3.63, 3.8) is 0 Å². The molecule has 148 valence electrons. The van der Waals surface area contributed by atoms with Gasteiger partial charge in [-0.15, -0.1) is 11.3 Å². The van der Waals surface area contributed by atoms with E-state index in [0.717, 1.165) is 28.5 Å². The molecule has 0 saturated carbocycles. The van der Waals surface area contributed by atoms with E-state index in [2.05, 4.69) is 16.5 Å². The number of esters is 1. The van der Waals surface area contributed by atoms with Gasteiger partial charge in [-0.05, 0) is 39.0 Å². The topological polar surface area (TPSA) is 62.6 Å². The van der Waals surface area contributed by atoms with E-state index in [0.29, 0.717) is 22.8 Å². The van der Waals surface area contributed by atoms with Crippen molar-refractivity contribution in [1.82, 2.24) is 9.55 Å². The van der Waals surface area contributed by atoms with Crippen LogP contribution in [0.2, 0.25) is 0 Å². The highest BCUT2D eigenvalue weighted by Gasteiger charge is 2.18. The number of carbonyl (C=O) groups excluding carboxylic acids is 1. The Labute approximate surface area is 168 Å². The lowest BCUT2D eigenvalue weighted by molar-refractivity contribution is 0.0467. The quantitative estimate of drug-likeness (QED) is 0.542. The molecule has 0 aliphatic rings. The van der Waals surface area contributed by atoms with Gasteiger partial charge in [0.2, 0.25) is 0 Å². The summed E-state index contributed by atoms with van der Waals surface area (Å²) in [5, 5.41) is 2.67. The number of thiazole rings is 1. The summed E-state index contributed by atoms with van der Waals surface area (Å²) in [6, 6.07) is 7.52. The molecule has 0 fully saturated rings. The predicted octanol–water partition coefficient (Wildman–Crippen LogP) is 4.62. The summed E-state index contributed by atoms with van der Waals surface area (Å²) in [6.07, 6.45) is 0. The van der Waals surface area contributed by atoms with E-state index >= 15 is 0 Å². The molecule has 0 amide bonds. The monoisotopic (exact) mass is 400 g/mol. The molecule has 3 aromatic rings. The van der Waals surface area contributed by atoms with Gasteiger partial charge in [0.05, 0.1) is 31.0 Å². The van der Waals surface area contributed by atoms with Crippen molar-refractivity contribution in [2.45, 2.75) is 33.9 Å². The fraction of sp³-hybridized carbons (Fsp3) is 0.333. The lowest BCUT2D eigenvalue weighted by Gasteiger charge is -2.10. The van der Waals surface area contributed by atoms with Crippen LogP contribution in [0, 0.1) is 13.8 Å². The van der Waals surface area contributed by atoms with Gasteiger partial charge in [0.1, 0.15) is 11.6 Å².